The molecule has 0 saturated heterocycles. The summed E-state index contributed by atoms with van der Waals surface area (Å²) in [7, 11) is 0.691. The molecule has 8 nitrogen and oxygen atoms in total. The van der Waals surface area contributed by atoms with Crippen LogP contribution in [0.3, 0.4) is 0 Å². The second-order valence-electron chi connectivity index (χ2n) is 9.48. The highest BCUT2D eigenvalue weighted by Gasteiger charge is 2.23. The summed E-state index contributed by atoms with van der Waals surface area (Å²) in [5.41, 5.74) is 3.32. The Kier molecular flexibility index (Phi) is 7.51. The molecule has 188 valence electrons. The monoisotopic (exact) mass is 500 g/mol. The van der Waals surface area contributed by atoms with E-state index in [-0.39, 0.29) is 11.4 Å². The molecule has 0 radical (unpaired) electrons. The zero-order chi connectivity index (χ0) is 25.2. The van der Waals surface area contributed by atoms with Gasteiger partial charge in [-0.25, -0.2) is 27.8 Å². The first-order chi connectivity index (χ1) is 16.6. The Morgan fingerprint density at radius 1 is 1.11 bits per heavy atom. The summed E-state index contributed by atoms with van der Waals surface area (Å²) < 4.78 is 40.9. The van der Waals surface area contributed by atoms with Gasteiger partial charge in [0, 0.05) is 17.6 Å². The van der Waals surface area contributed by atoms with Gasteiger partial charge in [-0.15, -0.1) is 0 Å². The van der Waals surface area contributed by atoms with Crippen LogP contribution in [0.25, 0.3) is 22.3 Å². The van der Waals surface area contributed by atoms with Crippen molar-refractivity contribution in [1.29, 1.82) is 0 Å². The van der Waals surface area contributed by atoms with Gasteiger partial charge in [0.05, 0.1) is 28.8 Å². The van der Waals surface area contributed by atoms with Crippen molar-refractivity contribution in [2.75, 3.05) is 29.9 Å². The lowest BCUT2D eigenvalue weighted by Gasteiger charge is -2.32. The first kappa shape index (κ1) is 25.2. The van der Waals surface area contributed by atoms with Gasteiger partial charge in [-0.1, -0.05) is 13.0 Å². The number of rotatable bonds is 8. The van der Waals surface area contributed by atoms with Crippen molar-refractivity contribution in [1.82, 2.24) is 19.9 Å². The number of nitrogens with zero attached hydrogens (tertiary/aromatic N) is 4. The molecule has 2 N–H and O–H groups in total. The fraction of sp³-hybridized carbons (Fsp3) is 0.480. The summed E-state index contributed by atoms with van der Waals surface area (Å²) in [6.07, 6.45) is 6.60. The summed E-state index contributed by atoms with van der Waals surface area (Å²) >= 11 is 0. The van der Waals surface area contributed by atoms with E-state index in [0.29, 0.717) is 41.2 Å². The van der Waals surface area contributed by atoms with Crippen LogP contribution in [-0.4, -0.2) is 60.2 Å². The third kappa shape index (κ3) is 6.05. The minimum Gasteiger partial charge on any atom is -0.351 e. The lowest BCUT2D eigenvalue weighted by Crippen LogP contribution is -2.36. The molecule has 0 bridgehead atoms. The maximum atomic E-state index is 14.7. The highest BCUT2D eigenvalue weighted by Crippen LogP contribution is 2.28. The minimum atomic E-state index is -3.57. The predicted molar refractivity (Wildman–Crippen MR) is 139 cm³/mol. The number of aryl methyl sites for hydroxylation is 1. The molecular weight excluding hydrogens is 467 g/mol. The summed E-state index contributed by atoms with van der Waals surface area (Å²) in [5.74, 6) is -0.118. The number of sulfonamides is 1. The maximum absolute atomic E-state index is 14.7. The van der Waals surface area contributed by atoms with Crippen LogP contribution >= 0.6 is 0 Å². The van der Waals surface area contributed by atoms with Crippen molar-refractivity contribution >= 4 is 32.7 Å². The number of nitrogens with one attached hydrogen (secondary N) is 2. The molecule has 1 saturated carbocycles. The number of benzene rings is 1. The van der Waals surface area contributed by atoms with Gasteiger partial charge >= 0.3 is 0 Å². The van der Waals surface area contributed by atoms with Crippen LogP contribution < -0.4 is 10.0 Å². The van der Waals surface area contributed by atoms with E-state index in [1.165, 1.54) is 12.1 Å². The Hall–Kier alpha value is -2.85. The van der Waals surface area contributed by atoms with Crippen LogP contribution in [0.5, 0.6) is 0 Å². The smallest absolute Gasteiger partial charge is 0.232 e. The van der Waals surface area contributed by atoms with Crippen molar-refractivity contribution in [3.05, 3.63) is 41.8 Å². The zero-order valence-corrected chi connectivity index (χ0v) is 21.5. The van der Waals surface area contributed by atoms with Gasteiger partial charge in [0.25, 0.3) is 0 Å². The molecule has 0 spiro atoms. The molecule has 2 aromatic heterocycles. The predicted octanol–water partition coefficient (Wildman–Crippen LogP) is 4.58. The number of pyridine rings is 1. The van der Waals surface area contributed by atoms with E-state index in [1.807, 2.05) is 13.0 Å². The Labute approximate surface area is 206 Å². The van der Waals surface area contributed by atoms with Gasteiger partial charge in [0.1, 0.15) is 11.3 Å². The lowest BCUT2D eigenvalue weighted by atomic mass is 9.91. The molecule has 3 aromatic rings. The topological polar surface area (TPSA) is 100 Å². The fourth-order valence-electron chi connectivity index (χ4n) is 4.56. The molecule has 0 amide bonds. The van der Waals surface area contributed by atoms with E-state index in [1.54, 1.807) is 19.2 Å². The van der Waals surface area contributed by atoms with Gasteiger partial charge < -0.3 is 10.2 Å². The quantitative estimate of drug-likeness (QED) is 0.467. The third-order valence-corrected chi connectivity index (χ3v) is 7.98. The van der Waals surface area contributed by atoms with Gasteiger partial charge in [0.15, 0.2) is 0 Å². The number of hydrogen-bond donors (Lipinski definition) is 2. The molecule has 1 aliphatic rings. The zero-order valence-electron chi connectivity index (χ0n) is 20.7. The second-order valence-corrected chi connectivity index (χ2v) is 11.3. The van der Waals surface area contributed by atoms with E-state index in [0.717, 1.165) is 36.8 Å². The Bertz CT molecular complexity index is 1310. The average Bonchev–Trinajstić information content (AvgIpc) is 2.81. The molecule has 35 heavy (non-hydrogen) atoms. The number of fused-ring (bicyclic) bond motifs is 1. The van der Waals surface area contributed by atoms with Crippen LogP contribution in [0.2, 0.25) is 0 Å². The fourth-order valence-corrected chi connectivity index (χ4v) is 5.70. The standard InChI is InChI=1S/C25H33FN6O2S/c1-5-12-35(33,34)31-21-11-6-17(14-20(21)26)22-13-16(2)24-23(29-22)15-27-25(30-24)28-18-7-9-19(10-8-18)32(3)4/h6,11,13-15,18-19,31H,5,7-10,12H2,1-4H3,(H,27,28,30). The van der Waals surface area contributed by atoms with Gasteiger partial charge in [-0.2, -0.15) is 0 Å². The molecule has 0 aliphatic heterocycles. The number of halogens is 1. The van der Waals surface area contributed by atoms with Crippen LogP contribution in [0.15, 0.2) is 30.5 Å². The largest absolute Gasteiger partial charge is 0.351 e. The molecular formula is C25H33FN6O2S. The van der Waals surface area contributed by atoms with E-state index in [4.69, 9.17) is 4.98 Å². The Morgan fingerprint density at radius 3 is 2.51 bits per heavy atom. The van der Waals surface area contributed by atoms with Gasteiger partial charge in [0.2, 0.25) is 16.0 Å². The Morgan fingerprint density at radius 2 is 1.86 bits per heavy atom. The van der Waals surface area contributed by atoms with E-state index in [2.05, 4.69) is 39.0 Å². The number of hydrogen-bond acceptors (Lipinski definition) is 7. The van der Waals surface area contributed by atoms with E-state index < -0.39 is 15.8 Å². The molecule has 2 heterocycles. The Balaban J connectivity index is 1.52. The van der Waals surface area contributed by atoms with Gasteiger partial charge in [-0.05, 0) is 76.9 Å². The number of anilines is 2. The van der Waals surface area contributed by atoms with Crippen LogP contribution in [0.1, 0.15) is 44.6 Å². The summed E-state index contributed by atoms with van der Waals surface area (Å²) in [6, 6.07) is 7.21. The van der Waals surface area contributed by atoms with Crippen LogP contribution in [0, 0.1) is 12.7 Å². The summed E-state index contributed by atoms with van der Waals surface area (Å²) in [5, 5.41) is 3.47. The van der Waals surface area contributed by atoms with E-state index >= 15 is 0 Å². The SMILES string of the molecule is CCCS(=O)(=O)Nc1ccc(-c2cc(C)c3nc(NC4CCC(N(C)C)CC4)ncc3n2)cc1F. The molecule has 0 atom stereocenters. The molecule has 0 unspecified atom stereocenters. The van der Waals surface area contributed by atoms with Crippen LogP contribution in [0.4, 0.5) is 16.0 Å². The summed E-state index contributed by atoms with van der Waals surface area (Å²) in [4.78, 5) is 16.1. The average molecular weight is 501 g/mol. The van der Waals surface area contributed by atoms with Crippen molar-refractivity contribution in [2.45, 2.75) is 58.0 Å². The maximum Gasteiger partial charge on any atom is 0.232 e. The molecule has 1 aromatic carbocycles. The van der Waals surface area contributed by atoms with Crippen molar-refractivity contribution in [3.8, 4) is 11.3 Å². The minimum absolute atomic E-state index is 0.0617. The second kappa shape index (κ2) is 10.4. The number of aromatic nitrogens is 3. The van der Waals surface area contributed by atoms with E-state index in [9.17, 15) is 12.8 Å². The molecule has 1 fully saturated rings. The highest BCUT2D eigenvalue weighted by atomic mass is 32.2. The van der Waals surface area contributed by atoms with Crippen molar-refractivity contribution in [2.24, 2.45) is 0 Å². The van der Waals surface area contributed by atoms with Crippen LogP contribution in [-0.2, 0) is 10.0 Å². The van der Waals surface area contributed by atoms with Crippen molar-refractivity contribution < 1.29 is 12.8 Å². The highest BCUT2D eigenvalue weighted by molar-refractivity contribution is 7.92. The first-order valence-electron chi connectivity index (χ1n) is 12.0. The third-order valence-electron chi connectivity index (χ3n) is 6.50. The van der Waals surface area contributed by atoms with Crippen molar-refractivity contribution in [3.63, 3.8) is 0 Å². The normalized spacial score (nSPS) is 18.7. The first-order valence-corrected chi connectivity index (χ1v) is 13.7. The van der Waals surface area contributed by atoms with Gasteiger partial charge in [-0.3, -0.25) is 4.72 Å². The molecule has 10 heteroatoms. The summed E-state index contributed by atoms with van der Waals surface area (Å²) in [6.45, 7) is 3.70. The lowest BCUT2D eigenvalue weighted by molar-refractivity contribution is 0.221. The molecule has 4 rings (SSSR count). The molecule has 1 aliphatic carbocycles.